The van der Waals surface area contributed by atoms with E-state index in [1.165, 1.54) is 39.9 Å². The summed E-state index contributed by atoms with van der Waals surface area (Å²) >= 11 is 1.42. The zero-order valence-electron chi connectivity index (χ0n) is 19.7. The summed E-state index contributed by atoms with van der Waals surface area (Å²) in [6.07, 6.45) is -0.344. The highest BCUT2D eigenvalue weighted by molar-refractivity contribution is 7.89. The van der Waals surface area contributed by atoms with E-state index in [4.69, 9.17) is 9.47 Å². The number of sulfonamides is 1. The van der Waals surface area contributed by atoms with Gasteiger partial charge in [0.15, 0.2) is 4.80 Å². The summed E-state index contributed by atoms with van der Waals surface area (Å²) in [5.41, 5.74) is 1.32. The molecule has 2 unspecified atom stereocenters. The van der Waals surface area contributed by atoms with Crippen molar-refractivity contribution in [1.29, 1.82) is 0 Å². The highest BCUT2D eigenvalue weighted by Gasteiger charge is 2.32. The molecular weight excluding hydrogens is 474 g/mol. The predicted octanol–water partition coefficient (Wildman–Crippen LogP) is 3.66. The highest BCUT2D eigenvalue weighted by Crippen LogP contribution is 2.24. The molecule has 1 aliphatic rings. The second-order valence-corrected chi connectivity index (χ2v) is 11.2. The molecule has 2 aromatic carbocycles. The minimum absolute atomic E-state index is 0.152. The molecule has 1 aromatic heterocycles. The summed E-state index contributed by atoms with van der Waals surface area (Å²) in [6, 6.07) is 11.8. The first-order valence-electron chi connectivity index (χ1n) is 11.3. The van der Waals surface area contributed by atoms with E-state index in [0.29, 0.717) is 36.6 Å². The number of aryl methyl sites for hydroxylation is 1. The van der Waals surface area contributed by atoms with E-state index >= 15 is 0 Å². The Labute approximate surface area is 203 Å². The van der Waals surface area contributed by atoms with Gasteiger partial charge in [-0.2, -0.15) is 9.30 Å². The Kier molecular flexibility index (Phi) is 7.22. The zero-order valence-corrected chi connectivity index (χ0v) is 21.4. The van der Waals surface area contributed by atoms with Gasteiger partial charge in [0, 0.05) is 25.2 Å². The molecular formula is C24H29N3O5S2. The summed E-state index contributed by atoms with van der Waals surface area (Å²) in [5.74, 6) is 0.356. The van der Waals surface area contributed by atoms with Crippen LogP contribution in [-0.4, -0.2) is 55.1 Å². The number of rotatable bonds is 6. The van der Waals surface area contributed by atoms with E-state index in [2.05, 4.69) is 4.99 Å². The second kappa shape index (κ2) is 9.99. The number of hydrogen-bond donors (Lipinski definition) is 0. The van der Waals surface area contributed by atoms with E-state index < -0.39 is 15.9 Å². The highest BCUT2D eigenvalue weighted by atomic mass is 32.2. The molecule has 1 aliphatic heterocycles. The zero-order chi connectivity index (χ0) is 24.5. The molecule has 2 heterocycles. The van der Waals surface area contributed by atoms with Crippen LogP contribution >= 0.6 is 11.3 Å². The van der Waals surface area contributed by atoms with Crippen molar-refractivity contribution in [2.75, 3.05) is 19.7 Å². The molecule has 0 saturated carbocycles. The molecule has 0 N–H and O–H groups in total. The minimum Gasteiger partial charge on any atom is -0.494 e. The summed E-state index contributed by atoms with van der Waals surface area (Å²) in [7, 11) is -3.67. The van der Waals surface area contributed by atoms with Gasteiger partial charge in [-0.25, -0.2) is 8.42 Å². The number of fused-ring (bicyclic) bond motifs is 1. The summed E-state index contributed by atoms with van der Waals surface area (Å²) in [5, 5.41) is 0. The van der Waals surface area contributed by atoms with E-state index in [0.717, 1.165) is 16.0 Å². The van der Waals surface area contributed by atoms with Crippen LogP contribution < -0.4 is 9.54 Å². The summed E-state index contributed by atoms with van der Waals surface area (Å²) in [6.45, 7) is 9.49. The van der Waals surface area contributed by atoms with E-state index in [9.17, 15) is 13.2 Å². The van der Waals surface area contributed by atoms with Crippen LogP contribution in [0.25, 0.3) is 10.2 Å². The number of carbonyl (C=O) groups excluding carboxylic acids is 1. The number of ether oxygens (including phenoxy) is 2. The van der Waals surface area contributed by atoms with Crippen molar-refractivity contribution in [3.63, 3.8) is 0 Å². The SMILES string of the molecule is CCOc1ccc2c(c1)sc(=NC(=O)c1ccc(S(=O)(=O)N3CC(C)OC(C)C3)cc1)n2CC. The fourth-order valence-electron chi connectivity index (χ4n) is 4.10. The maximum atomic E-state index is 13.1. The molecule has 182 valence electrons. The third kappa shape index (κ3) is 4.95. The average molecular weight is 504 g/mol. The quantitative estimate of drug-likeness (QED) is 0.512. The Hall–Kier alpha value is -2.53. The third-order valence-electron chi connectivity index (χ3n) is 5.60. The lowest BCUT2D eigenvalue weighted by Crippen LogP contribution is -2.48. The number of hydrogen-bond acceptors (Lipinski definition) is 6. The first kappa shape index (κ1) is 24.6. The molecule has 2 atom stereocenters. The van der Waals surface area contributed by atoms with E-state index in [1.807, 2.05) is 50.5 Å². The second-order valence-electron chi connectivity index (χ2n) is 8.21. The van der Waals surface area contributed by atoms with E-state index in [1.54, 1.807) is 0 Å². The lowest BCUT2D eigenvalue weighted by molar-refractivity contribution is -0.0440. The number of amides is 1. The number of aromatic nitrogens is 1. The maximum Gasteiger partial charge on any atom is 0.279 e. The van der Waals surface area contributed by atoms with Crippen molar-refractivity contribution in [1.82, 2.24) is 8.87 Å². The molecule has 0 aliphatic carbocycles. The molecule has 8 nitrogen and oxygen atoms in total. The van der Waals surface area contributed by atoms with Crippen LogP contribution in [0.5, 0.6) is 5.75 Å². The van der Waals surface area contributed by atoms with Crippen molar-refractivity contribution < 1.29 is 22.7 Å². The number of morpholine rings is 1. The molecule has 1 fully saturated rings. The van der Waals surface area contributed by atoms with Crippen LogP contribution in [0.2, 0.25) is 0 Å². The maximum absolute atomic E-state index is 13.1. The summed E-state index contributed by atoms with van der Waals surface area (Å²) < 4.78 is 41.7. The number of nitrogens with zero attached hydrogens (tertiary/aromatic N) is 3. The molecule has 10 heteroatoms. The molecule has 0 bridgehead atoms. The molecule has 3 aromatic rings. The lowest BCUT2D eigenvalue weighted by Gasteiger charge is -2.34. The smallest absolute Gasteiger partial charge is 0.279 e. The van der Waals surface area contributed by atoms with Gasteiger partial charge in [0.25, 0.3) is 5.91 Å². The fourth-order valence-corrected chi connectivity index (χ4v) is 6.81. The molecule has 1 amide bonds. The van der Waals surface area contributed by atoms with Gasteiger partial charge in [-0.15, -0.1) is 0 Å². The number of carbonyl (C=O) groups is 1. The van der Waals surface area contributed by atoms with Gasteiger partial charge >= 0.3 is 0 Å². The van der Waals surface area contributed by atoms with E-state index in [-0.39, 0.29) is 17.1 Å². The Morgan fingerprint density at radius 3 is 2.41 bits per heavy atom. The van der Waals surface area contributed by atoms with Crippen molar-refractivity contribution in [3.8, 4) is 5.75 Å². The van der Waals surface area contributed by atoms with Crippen LogP contribution in [-0.2, 0) is 21.3 Å². The standard InChI is InChI=1S/C24H29N3O5S2/c1-5-27-21-12-9-19(31-6-2)13-22(21)33-24(27)25-23(28)18-7-10-20(11-8-18)34(29,30)26-14-16(3)32-17(4)15-26/h7-13,16-17H,5-6,14-15H2,1-4H3. The Morgan fingerprint density at radius 2 is 1.79 bits per heavy atom. The summed E-state index contributed by atoms with van der Waals surface area (Å²) in [4.78, 5) is 18.0. The minimum atomic E-state index is -3.67. The Morgan fingerprint density at radius 1 is 1.12 bits per heavy atom. The van der Waals surface area contributed by atoms with Gasteiger partial charge in [-0.1, -0.05) is 11.3 Å². The van der Waals surface area contributed by atoms with Gasteiger partial charge in [0.1, 0.15) is 5.75 Å². The monoisotopic (exact) mass is 503 g/mol. The Bertz CT molecular complexity index is 1350. The first-order chi connectivity index (χ1) is 16.2. The largest absolute Gasteiger partial charge is 0.494 e. The van der Waals surface area contributed by atoms with Crippen molar-refractivity contribution in [3.05, 3.63) is 52.8 Å². The predicted molar refractivity (Wildman–Crippen MR) is 132 cm³/mol. The molecule has 1 saturated heterocycles. The molecule has 0 spiro atoms. The third-order valence-corrected chi connectivity index (χ3v) is 8.49. The molecule has 4 rings (SSSR count). The van der Waals surface area contributed by atoms with Crippen LogP contribution in [0.3, 0.4) is 0 Å². The normalized spacial score (nSPS) is 20.1. The van der Waals surface area contributed by atoms with Gasteiger partial charge in [0.2, 0.25) is 10.0 Å². The van der Waals surface area contributed by atoms with Crippen molar-refractivity contribution in [2.45, 2.75) is 51.3 Å². The van der Waals surface area contributed by atoms with Gasteiger partial charge in [0.05, 0.1) is 33.9 Å². The van der Waals surface area contributed by atoms with Crippen LogP contribution in [0.1, 0.15) is 38.1 Å². The van der Waals surface area contributed by atoms with Gasteiger partial charge in [-0.05, 0) is 70.2 Å². The Balaban J connectivity index is 1.61. The number of thiazole rings is 1. The number of benzene rings is 2. The van der Waals surface area contributed by atoms with Crippen molar-refractivity contribution >= 4 is 37.5 Å². The fraction of sp³-hybridized carbons (Fsp3) is 0.417. The topological polar surface area (TPSA) is 90.2 Å². The van der Waals surface area contributed by atoms with Crippen LogP contribution in [0, 0.1) is 0 Å². The molecule has 34 heavy (non-hydrogen) atoms. The molecule has 0 radical (unpaired) electrons. The first-order valence-corrected chi connectivity index (χ1v) is 13.6. The van der Waals surface area contributed by atoms with Crippen molar-refractivity contribution in [2.24, 2.45) is 4.99 Å². The lowest BCUT2D eigenvalue weighted by atomic mass is 10.2. The van der Waals surface area contributed by atoms with Crippen LogP contribution in [0.4, 0.5) is 0 Å². The van der Waals surface area contributed by atoms with Gasteiger partial charge in [-0.3, -0.25) is 4.79 Å². The van der Waals surface area contributed by atoms with Gasteiger partial charge < -0.3 is 14.0 Å². The van der Waals surface area contributed by atoms with Crippen LogP contribution in [0.15, 0.2) is 52.4 Å². The average Bonchev–Trinajstić information content (AvgIpc) is 3.14.